The molecule has 1 aliphatic carbocycles. The van der Waals surface area contributed by atoms with Crippen molar-refractivity contribution in [3.05, 3.63) is 88.2 Å². The van der Waals surface area contributed by atoms with Crippen LogP contribution in [0.4, 0.5) is 11.4 Å². The number of ketones is 1. The number of fused-ring (bicyclic) bond motifs is 2. The van der Waals surface area contributed by atoms with Crippen molar-refractivity contribution < 1.29 is 4.79 Å². The van der Waals surface area contributed by atoms with Crippen LogP contribution in [0.1, 0.15) is 35.7 Å². The molecule has 0 spiro atoms. The van der Waals surface area contributed by atoms with Crippen LogP contribution in [-0.2, 0) is 6.54 Å². The Morgan fingerprint density at radius 3 is 2.39 bits per heavy atom. The maximum Gasteiger partial charge on any atom is 0.251 e. The summed E-state index contributed by atoms with van der Waals surface area (Å²) >= 11 is 4.35. The highest BCUT2D eigenvalue weighted by Crippen LogP contribution is 2.42. The van der Waals surface area contributed by atoms with Gasteiger partial charge in [0.1, 0.15) is 0 Å². The topological polar surface area (TPSA) is 51.1 Å². The highest BCUT2D eigenvalue weighted by molar-refractivity contribution is 7.80. The Morgan fingerprint density at radius 1 is 0.903 bits per heavy atom. The molecule has 154 valence electrons. The van der Waals surface area contributed by atoms with Crippen molar-refractivity contribution in [3.63, 3.8) is 0 Å². The van der Waals surface area contributed by atoms with Gasteiger partial charge in [-0.2, -0.15) is 0 Å². The highest BCUT2D eigenvalue weighted by atomic mass is 32.1. The molecule has 1 N–H and O–H groups in total. The molecule has 4 aromatic rings. The molecule has 1 aromatic heterocycles. The quantitative estimate of drug-likeness (QED) is 0.337. The molecular formula is C26H22N2O2S. The van der Waals surface area contributed by atoms with Crippen LogP contribution in [0, 0.1) is 0 Å². The maximum absolute atomic E-state index is 13.6. The largest absolute Gasteiger partial charge is 0.355 e. The third-order valence-electron chi connectivity index (χ3n) is 5.85. The van der Waals surface area contributed by atoms with E-state index in [0.717, 1.165) is 51.1 Å². The Kier molecular flexibility index (Phi) is 4.91. The van der Waals surface area contributed by atoms with Crippen LogP contribution in [-0.4, -0.2) is 10.4 Å². The van der Waals surface area contributed by atoms with Gasteiger partial charge in [-0.1, -0.05) is 37.6 Å². The predicted molar refractivity (Wildman–Crippen MR) is 129 cm³/mol. The van der Waals surface area contributed by atoms with Gasteiger partial charge < -0.3 is 9.88 Å². The number of nitrogens with one attached hydrogen (secondary N) is 1. The second-order valence-electron chi connectivity index (χ2n) is 7.83. The molecule has 0 amide bonds. The van der Waals surface area contributed by atoms with Crippen LogP contribution in [0.15, 0.2) is 76.4 Å². The number of hydrogen-bond donors (Lipinski definition) is 2. The summed E-state index contributed by atoms with van der Waals surface area (Å²) in [5, 5.41) is 4.24. The van der Waals surface area contributed by atoms with Gasteiger partial charge in [0.15, 0.2) is 5.78 Å². The molecule has 4 nitrogen and oxygen atoms in total. The van der Waals surface area contributed by atoms with Gasteiger partial charge in [0.05, 0.1) is 16.8 Å². The van der Waals surface area contributed by atoms with Crippen molar-refractivity contribution >= 4 is 40.7 Å². The molecule has 5 heteroatoms. The number of carbonyl (C=O) groups excluding carboxylic acids is 1. The molecule has 1 heterocycles. The fourth-order valence-electron chi connectivity index (χ4n) is 4.33. The lowest BCUT2D eigenvalue weighted by Crippen LogP contribution is -2.23. The number of carbonyl (C=O) groups is 1. The van der Waals surface area contributed by atoms with Gasteiger partial charge in [0, 0.05) is 34.1 Å². The molecule has 1 aliphatic rings. The molecular weight excluding hydrogens is 404 g/mol. The molecule has 0 saturated heterocycles. The zero-order valence-corrected chi connectivity index (χ0v) is 18.1. The van der Waals surface area contributed by atoms with E-state index in [1.165, 1.54) is 0 Å². The normalized spacial score (nSPS) is 12.1. The second kappa shape index (κ2) is 7.75. The Morgan fingerprint density at radius 2 is 1.65 bits per heavy atom. The Labute approximate surface area is 186 Å². The molecule has 31 heavy (non-hydrogen) atoms. The molecule has 0 bridgehead atoms. The monoisotopic (exact) mass is 426 g/mol. The van der Waals surface area contributed by atoms with Crippen LogP contribution in [0.25, 0.3) is 22.0 Å². The standard InChI is InChI=1S/C26H22N2O2S/c1-2-3-14-28-22-13-12-21(27-16-8-10-17(31)11-9-16)25-24(22)20(15-23(28)29)18-6-4-5-7-19(18)26(25)30/h4-13,15,27,31H,2-3,14H2,1H3. The van der Waals surface area contributed by atoms with Crippen molar-refractivity contribution in [2.45, 2.75) is 31.2 Å². The summed E-state index contributed by atoms with van der Waals surface area (Å²) in [5.74, 6) is -0.0253. The van der Waals surface area contributed by atoms with Crippen LogP contribution < -0.4 is 10.9 Å². The van der Waals surface area contributed by atoms with Crippen LogP contribution in [0.5, 0.6) is 0 Å². The molecule has 0 atom stereocenters. The van der Waals surface area contributed by atoms with Gasteiger partial charge in [-0.15, -0.1) is 12.6 Å². The molecule has 0 fully saturated rings. The van der Waals surface area contributed by atoms with E-state index in [1.54, 1.807) is 10.6 Å². The smallest absolute Gasteiger partial charge is 0.251 e. The molecule has 5 rings (SSSR count). The van der Waals surface area contributed by atoms with E-state index in [-0.39, 0.29) is 11.3 Å². The van der Waals surface area contributed by atoms with Crippen molar-refractivity contribution in [2.75, 3.05) is 5.32 Å². The lowest BCUT2D eigenvalue weighted by atomic mass is 9.83. The molecule has 0 radical (unpaired) electrons. The third kappa shape index (κ3) is 3.26. The number of anilines is 2. The van der Waals surface area contributed by atoms with Crippen LogP contribution >= 0.6 is 12.6 Å². The zero-order chi connectivity index (χ0) is 21.5. The molecule has 0 unspecified atom stereocenters. The summed E-state index contributed by atoms with van der Waals surface area (Å²) in [6.45, 7) is 2.74. The number of thiol groups is 1. The lowest BCUT2D eigenvalue weighted by Gasteiger charge is -2.24. The van der Waals surface area contributed by atoms with E-state index in [1.807, 2.05) is 60.7 Å². The van der Waals surface area contributed by atoms with Crippen LogP contribution in [0.2, 0.25) is 0 Å². The first-order valence-corrected chi connectivity index (χ1v) is 10.9. The first-order valence-electron chi connectivity index (χ1n) is 10.5. The fourth-order valence-corrected chi connectivity index (χ4v) is 4.48. The minimum Gasteiger partial charge on any atom is -0.355 e. The number of aryl methyl sites for hydroxylation is 1. The predicted octanol–water partition coefficient (Wildman–Crippen LogP) is 6.05. The Bertz CT molecular complexity index is 1390. The summed E-state index contributed by atoms with van der Waals surface area (Å²) in [7, 11) is 0. The van der Waals surface area contributed by atoms with E-state index in [9.17, 15) is 9.59 Å². The first-order chi connectivity index (χ1) is 15.1. The summed E-state index contributed by atoms with van der Waals surface area (Å²) < 4.78 is 1.80. The summed E-state index contributed by atoms with van der Waals surface area (Å²) in [4.78, 5) is 27.5. The van der Waals surface area contributed by atoms with Crippen molar-refractivity contribution in [2.24, 2.45) is 0 Å². The van der Waals surface area contributed by atoms with Gasteiger partial charge in [0.25, 0.3) is 5.56 Å². The SMILES string of the molecule is CCCCn1c(=O)cc2c3c(c(Nc4ccc(S)cc4)ccc31)C(=O)c1ccccc1-2. The maximum atomic E-state index is 13.6. The van der Waals surface area contributed by atoms with Crippen molar-refractivity contribution in [1.29, 1.82) is 0 Å². The number of rotatable bonds is 5. The van der Waals surface area contributed by atoms with E-state index in [0.29, 0.717) is 17.7 Å². The minimum atomic E-state index is -0.0314. The van der Waals surface area contributed by atoms with Gasteiger partial charge >= 0.3 is 0 Å². The van der Waals surface area contributed by atoms with E-state index < -0.39 is 0 Å². The molecule has 0 aliphatic heterocycles. The molecule has 3 aromatic carbocycles. The third-order valence-corrected chi connectivity index (χ3v) is 6.15. The van der Waals surface area contributed by atoms with Crippen molar-refractivity contribution in [1.82, 2.24) is 4.57 Å². The summed E-state index contributed by atoms with van der Waals surface area (Å²) in [6.07, 6.45) is 1.90. The Balaban J connectivity index is 1.80. The summed E-state index contributed by atoms with van der Waals surface area (Å²) in [5.41, 5.74) is 5.28. The van der Waals surface area contributed by atoms with Gasteiger partial charge in [-0.05, 0) is 53.9 Å². The first kappa shape index (κ1) is 19.6. The number of unbranched alkanes of at least 4 members (excludes halogenated alkanes) is 1. The van der Waals surface area contributed by atoms with Gasteiger partial charge in [-0.3, -0.25) is 9.59 Å². The van der Waals surface area contributed by atoms with Gasteiger partial charge in [-0.25, -0.2) is 0 Å². The number of nitrogens with zero attached hydrogens (tertiary/aromatic N) is 1. The van der Waals surface area contributed by atoms with Crippen molar-refractivity contribution in [3.8, 4) is 11.1 Å². The minimum absolute atomic E-state index is 0.0253. The van der Waals surface area contributed by atoms with E-state index in [2.05, 4.69) is 24.9 Å². The average molecular weight is 427 g/mol. The number of pyridine rings is 1. The zero-order valence-electron chi connectivity index (χ0n) is 17.2. The Hall–Kier alpha value is -3.31. The van der Waals surface area contributed by atoms with E-state index >= 15 is 0 Å². The fraction of sp³-hybridized carbons (Fsp3) is 0.154. The highest BCUT2D eigenvalue weighted by Gasteiger charge is 2.29. The van der Waals surface area contributed by atoms with E-state index in [4.69, 9.17) is 0 Å². The summed E-state index contributed by atoms with van der Waals surface area (Å²) in [6, 6.07) is 20.8. The number of benzene rings is 3. The molecule has 0 saturated carbocycles. The van der Waals surface area contributed by atoms with Gasteiger partial charge in [0.2, 0.25) is 0 Å². The average Bonchev–Trinajstić information content (AvgIpc) is 2.78. The number of hydrogen-bond acceptors (Lipinski definition) is 4. The second-order valence-corrected chi connectivity index (χ2v) is 8.35. The van der Waals surface area contributed by atoms with Crippen LogP contribution in [0.3, 0.4) is 0 Å². The number of aromatic nitrogens is 1. The lowest BCUT2D eigenvalue weighted by molar-refractivity contribution is 0.104.